The van der Waals surface area contributed by atoms with Crippen molar-refractivity contribution in [3.05, 3.63) is 75.9 Å². The predicted octanol–water partition coefficient (Wildman–Crippen LogP) is 4.63. The maximum atomic E-state index is 14.5. The minimum atomic E-state index is -1.87. The molecule has 2 heterocycles. The van der Waals surface area contributed by atoms with E-state index in [2.05, 4.69) is 0 Å². The molecule has 1 saturated heterocycles. The van der Waals surface area contributed by atoms with Gasteiger partial charge in [-0.1, -0.05) is 30.3 Å². The van der Waals surface area contributed by atoms with E-state index in [1.807, 2.05) is 6.07 Å². The van der Waals surface area contributed by atoms with Crippen LogP contribution in [0.15, 0.2) is 35.9 Å². The molecule has 3 nitrogen and oxygen atoms in total. The van der Waals surface area contributed by atoms with Crippen molar-refractivity contribution < 1.29 is 31.8 Å². The van der Waals surface area contributed by atoms with Gasteiger partial charge in [-0.25, -0.2) is 22.4 Å². The molecular weight excluding hydrogens is 376 g/mol. The number of hydrogen-bond donors (Lipinski definition) is 0. The fourth-order valence-electron chi connectivity index (χ4n) is 4.77. The normalized spacial score (nSPS) is 26.8. The molecule has 28 heavy (non-hydrogen) atoms. The highest BCUT2D eigenvalue weighted by Gasteiger charge is 2.64. The van der Waals surface area contributed by atoms with Crippen molar-refractivity contribution in [1.82, 2.24) is 0 Å². The number of ether oxygens (including phenoxy) is 2. The van der Waals surface area contributed by atoms with Crippen molar-refractivity contribution in [3.8, 4) is 0 Å². The lowest BCUT2D eigenvalue weighted by atomic mass is 9.58. The molecule has 144 valence electrons. The van der Waals surface area contributed by atoms with Crippen molar-refractivity contribution >= 4 is 11.5 Å². The standard InChI is InChI=1S/C21H14F4O3/c1-2-27-21(26)12-9(8-6-4-3-5-7-8)10-11(12)20-14-13(19(10)28-20)15(22)17(24)18(25)16(14)23/h3-7,10-11,19-20H,2H2,1H3/t10-,11-,19-,20+/m1/s1. The van der Waals surface area contributed by atoms with Crippen LogP contribution < -0.4 is 0 Å². The Hall–Kier alpha value is -2.67. The monoisotopic (exact) mass is 390 g/mol. The quantitative estimate of drug-likeness (QED) is 0.332. The van der Waals surface area contributed by atoms with Crippen LogP contribution in [0.2, 0.25) is 0 Å². The molecule has 7 heteroatoms. The van der Waals surface area contributed by atoms with Crippen LogP contribution in [-0.4, -0.2) is 12.6 Å². The smallest absolute Gasteiger partial charge is 0.334 e. The SMILES string of the molecule is CCOC(=O)C1=C(c2ccccc2)[C@@H]2[C@H]1[C@@H]1O[C@H]2c2c(F)c(F)c(F)c(F)c21. The van der Waals surface area contributed by atoms with Gasteiger partial charge in [0, 0.05) is 28.5 Å². The Labute approximate surface area is 157 Å². The minimum absolute atomic E-state index is 0.149. The average Bonchev–Trinajstić information content (AvgIpc) is 3.18. The van der Waals surface area contributed by atoms with E-state index >= 15 is 0 Å². The molecule has 3 aliphatic rings. The van der Waals surface area contributed by atoms with Crippen LogP contribution in [-0.2, 0) is 14.3 Å². The Bertz CT molecular complexity index is 1050. The second-order valence-electron chi connectivity index (χ2n) is 7.03. The average molecular weight is 390 g/mol. The molecule has 5 rings (SSSR count). The molecule has 1 fully saturated rings. The summed E-state index contributed by atoms with van der Waals surface area (Å²) >= 11 is 0. The van der Waals surface area contributed by atoms with E-state index < -0.39 is 53.3 Å². The first-order valence-electron chi connectivity index (χ1n) is 8.95. The third-order valence-corrected chi connectivity index (χ3v) is 5.78. The summed E-state index contributed by atoms with van der Waals surface area (Å²) in [6.07, 6.45) is -2.04. The summed E-state index contributed by atoms with van der Waals surface area (Å²) in [4.78, 5) is 12.6. The summed E-state index contributed by atoms with van der Waals surface area (Å²) in [5, 5.41) is 0. The zero-order valence-corrected chi connectivity index (χ0v) is 14.6. The maximum absolute atomic E-state index is 14.5. The van der Waals surface area contributed by atoms with Gasteiger partial charge in [0.15, 0.2) is 23.3 Å². The first kappa shape index (κ1) is 17.4. The number of carbonyl (C=O) groups excluding carboxylic acids is 1. The molecule has 0 N–H and O–H groups in total. The Balaban J connectivity index is 1.69. The third-order valence-electron chi connectivity index (χ3n) is 5.78. The summed E-state index contributed by atoms with van der Waals surface area (Å²) in [6.45, 7) is 1.81. The predicted molar refractivity (Wildman–Crippen MR) is 89.8 cm³/mol. The van der Waals surface area contributed by atoms with Gasteiger partial charge in [-0.05, 0) is 18.1 Å². The van der Waals surface area contributed by atoms with Crippen molar-refractivity contribution in [2.45, 2.75) is 19.1 Å². The number of carbonyl (C=O) groups is 1. The molecule has 1 aliphatic carbocycles. The second kappa shape index (κ2) is 5.91. The summed E-state index contributed by atoms with van der Waals surface area (Å²) in [6, 6.07) is 8.97. The van der Waals surface area contributed by atoms with E-state index in [-0.39, 0.29) is 17.7 Å². The minimum Gasteiger partial charge on any atom is -0.463 e. The van der Waals surface area contributed by atoms with Gasteiger partial charge >= 0.3 is 5.97 Å². The zero-order valence-electron chi connectivity index (χ0n) is 14.6. The van der Waals surface area contributed by atoms with Gasteiger partial charge in [-0.3, -0.25) is 0 Å². The van der Waals surface area contributed by atoms with Gasteiger partial charge in [0.05, 0.1) is 18.8 Å². The number of esters is 1. The number of halogens is 4. The van der Waals surface area contributed by atoms with E-state index in [4.69, 9.17) is 9.47 Å². The Kier molecular flexibility index (Phi) is 3.68. The summed E-state index contributed by atoms with van der Waals surface area (Å²) in [7, 11) is 0. The third kappa shape index (κ3) is 2.00. The topological polar surface area (TPSA) is 35.5 Å². The van der Waals surface area contributed by atoms with Gasteiger partial charge in [-0.2, -0.15) is 0 Å². The van der Waals surface area contributed by atoms with Gasteiger partial charge in [0.25, 0.3) is 0 Å². The molecular formula is C21H14F4O3. The van der Waals surface area contributed by atoms with Gasteiger partial charge in [0.1, 0.15) is 0 Å². The molecule has 2 bridgehead atoms. The largest absolute Gasteiger partial charge is 0.463 e. The first-order chi connectivity index (χ1) is 13.5. The highest BCUT2D eigenvalue weighted by Crippen LogP contribution is 2.70. The molecule has 0 radical (unpaired) electrons. The van der Waals surface area contributed by atoms with E-state index in [1.165, 1.54) is 0 Å². The maximum Gasteiger partial charge on any atom is 0.334 e. The van der Waals surface area contributed by atoms with Crippen LogP contribution in [0, 0.1) is 35.1 Å². The number of benzene rings is 2. The van der Waals surface area contributed by atoms with Gasteiger partial charge < -0.3 is 9.47 Å². The molecule has 2 aromatic rings. The van der Waals surface area contributed by atoms with Crippen LogP contribution in [0.3, 0.4) is 0 Å². The fourth-order valence-corrected chi connectivity index (χ4v) is 4.77. The molecule has 0 spiro atoms. The molecule has 2 aromatic carbocycles. The van der Waals surface area contributed by atoms with Gasteiger partial charge in [0.2, 0.25) is 0 Å². The highest BCUT2D eigenvalue weighted by molar-refractivity contribution is 6.03. The zero-order chi connectivity index (χ0) is 19.7. The van der Waals surface area contributed by atoms with Crippen LogP contribution in [0.4, 0.5) is 17.6 Å². The number of hydrogen-bond acceptors (Lipinski definition) is 3. The summed E-state index contributed by atoms with van der Waals surface area (Å²) in [5.74, 6) is -8.23. The fraction of sp³-hybridized carbons (Fsp3) is 0.286. The number of fused-ring (bicyclic) bond motifs is 8. The van der Waals surface area contributed by atoms with E-state index in [0.29, 0.717) is 11.1 Å². The van der Waals surface area contributed by atoms with E-state index in [9.17, 15) is 22.4 Å². The second-order valence-corrected chi connectivity index (χ2v) is 7.03. The first-order valence-corrected chi connectivity index (χ1v) is 8.95. The molecule has 0 amide bonds. The highest BCUT2D eigenvalue weighted by atomic mass is 19.2. The van der Waals surface area contributed by atoms with Crippen molar-refractivity contribution in [3.63, 3.8) is 0 Å². The van der Waals surface area contributed by atoms with E-state index in [0.717, 1.165) is 5.56 Å². The molecule has 0 unspecified atom stereocenters. The lowest BCUT2D eigenvalue weighted by Crippen LogP contribution is -2.39. The van der Waals surface area contributed by atoms with Crippen LogP contribution in [0.1, 0.15) is 35.8 Å². The lowest BCUT2D eigenvalue weighted by molar-refractivity contribution is -0.139. The summed E-state index contributed by atoms with van der Waals surface area (Å²) in [5.41, 5.74) is 1.04. The van der Waals surface area contributed by atoms with Crippen molar-refractivity contribution in [2.75, 3.05) is 6.61 Å². The molecule has 0 saturated carbocycles. The Morgan fingerprint density at radius 3 is 2.07 bits per heavy atom. The van der Waals surface area contributed by atoms with Crippen molar-refractivity contribution in [1.29, 1.82) is 0 Å². The van der Waals surface area contributed by atoms with Crippen LogP contribution in [0.5, 0.6) is 0 Å². The number of rotatable bonds is 3. The molecule has 4 atom stereocenters. The lowest BCUT2D eigenvalue weighted by Gasteiger charge is -2.42. The molecule has 2 aliphatic heterocycles. The van der Waals surface area contributed by atoms with E-state index in [1.54, 1.807) is 31.2 Å². The van der Waals surface area contributed by atoms with Crippen LogP contribution in [0.25, 0.3) is 5.57 Å². The van der Waals surface area contributed by atoms with Crippen molar-refractivity contribution in [2.24, 2.45) is 11.8 Å². The Morgan fingerprint density at radius 2 is 1.50 bits per heavy atom. The van der Waals surface area contributed by atoms with Crippen LogP contribution >= 0.6 is 0 Å². The van der Waals surface area contributed by atoms with Gasteiger partial charge in [-0.15, -0.1) is 0 Å². The Morgan fingerprint density at radius 1 is 0.929 bits per heavy atom. The molecule has 0 aromatic heterocycles. The summed E-state index contributed by atoms with van der Waals surface area (Å²) < 4.78 is 67.4.